The zero-order chi connectivity index (χ0) is 8.27. The van der Waals surface area contributed by atoms with E-state index in [9.17, 15) is 5.11 Å². The third-order valence-corrected chi connectivity index (χ3v) is 1.45. The summed E-state index contributed by atoms with van der Waals surface area (Å²) in [4.78, 5) is 0. The van der Waals surface area contributed by atoms with Crippen LogP contribution in [0.25, 0.3) is 0 Å². The highest BCUT2D eigenvalue weighted by Gasteiger charge is 2.17. The van der Waals surface area contributed by atoms with Crippen LogP contribution in [0.5, 0.6) is 0 Å². The summed E-state index contributed by atoms with van der Waals surface area (Å²) in [6, 6.07) is 2.59. The van der Waals surface area contributed by atoms with Crippen molar-refractivity contribution < 1.29 is 14.6 Å². The SMILES string of the molecule is NC(CO)C(O)c1ccco1. The molecule has 2 unspecified atom stereocenters. The van der Waals surface area contributed by atoms with Crippen molar-refractivity contribution in [3.8, 4) is 0 Å². The molecule has 1 heterocycles. The molecule has 4 N–H and O–H groups in total. The molecule has 0 radical (unpaired) electrons. The second-order valence-corrected chi connectivity index (χ2v) is 2.31. The second kappa shape index (κ2) is 3.52. The summed E-state index contributed by atoms with van der Waals surface area (Å²) in [5.74, 6) is 0.381. The van der Waals surface area contributed by atoms with Crippen molar-refractivity contribution in [3.05, 3.63) is 24.2 Å². The molecular weight excluding hydrogens is 146 g/mol. The molecule has 0 fully saturated rings. The van der Waals surface area contributed by atoms with Crippen LogP contribution in [0, 0.1) is 0 Å². The van der Waals surface area contributed by atoms with Crippen LogP contribution in [0.2, 0.25) is 0 Å². The van der Waals surface area contributed by atoms with E-state index in [2.05, 4.69) is 0 Å². The van der Waals surface area contributed by atoms with E-state index in [1.165, 1.54) is 6.26 Å². The molecule has 1 rings (SSSR count). The Morgan fingerprint density at radius 1 is 1.64 bits per heavy atom. The molecule has 11 heavy (non-hydrogen) atoms. The molecule has 0 saturated carbocycles. The van der Waals surface area contributed by atoms with Gasteiger partial charge in [-0.05, 0) is 12.1 Å². The van der Waals surface area contributed by atoms with Gasteiger partial charge < -0.3 is 20.4 Å². The lowest BCUT2D eigenvalue weighted by atomic mass is 10.1. The zero-order valence-electron chi connectivity index (χ0n) is 5.97. The zero-order valence-corrected chi connectivity index (χ0v) is 5.97. The lowest BCUT2D eigenvalue weighted by Crippen LogP contribution is -2.31. The van der Waals surface area contributed by atoms with Crippen LogP contribution in [0.1, 0.15) is 11.9 Å². The summed E-state index contributed by atoms with van der Waals surface area (Å²) in [5.41, 5.74) is 5.35. The molecule has 4 nitrogen and oxygen atoms in total. The standard InChI is InChI=1S/C7H11NO3/c8-5(4-9)7(10)6-2-1-3-11-6/h1-3,5,7,9-10H,4,8H2. The van der Waals surface area contributed by atoms with Gasteiger partial charge in [0.1, 0.15) is 11.9 Å². The fraction of sp³-hybridized carbons (Fsp3) is 0.429. The Morgan fingerprint density at radius 3 is 2.82 bits per heavy atom. The number of hydrogen-bond acceptors (Lipinski definition) is 4. The molecule has 0 bridgehead atoms. The topological polar surface area (TPSA) is 79.6 Å². The Bertz CT molecular complexity index is 197. The molecule has 1 aromatic heterocycles. The van der Waals surface area contributed by atoms with Crippen LogP contribution >= 0.6 is 0 Å². The van der Waals surface area contributed by atoms with Crippen molar-refractivity contribution in [2.45, 2.75) is 12.1 Å². The van der Waals surface area contributed by atoms with Gasteiger partial charge in [-0.15, -0.1) is 0 Å². The molecule has 0 aliphatic carbocycles. The number of hydrogen-bond donors (Lipinski definition) is 3. The Morgan fingerprint density at radius 2 is 2.36 bits per heavy atom. The Kier molecular flexibility index (Phi) is 2.64. The van der Waals surface area contributed by atoms with E-state index < -0.39 is 12.1 Å². The summed E-state index contributed by atoms with van der Waals surface area (Å²) in [6.07, 6.45) is 0.526. The summed E-state index contributed by atoms with van der Waals surface area (Å²) in [5, 5.41) is 17.9. The van der Waals surface area contributed by atoms with Crippen molar-refractivity contribution in [2.75, 3.05) is 6.61 Å². The first-order valence-electron chi connectivity index (χ1n) is 3.33. The predicted molar refractivity (Wildman–Crippen MR) is 38.7 cm³/mol. The number of aliphatic hydroxyl groups is 2. The van der Waals surface area contributed by atoms with Gasteiger partial charge in [0, 0.05) is 0 Å². The minimum atomic E-state index is -0.921. The van der Waals surface area contributed by atoms with Crippen molar-refractivity contribution >= 4 is 0 Å². The molecule has 1 aromatic rings. The first kappa shape index (κ1) is 8.26. The highest BCUT2D eigenvalue weighted by Crippen LogP contribution is 2.14. The quantitative estimate of drug-likeness (QED) is 0.559. The first-order chi connectivity index (χ1) is 5.25. The Hall–Kier alpha value is -0.840. The van der Waals surface area contributed by atoms with Gasteiger partial charge in [0.25, 0.3) is 0 Å². The smallest absolute Gasteiger partial charge is 0.133 e. The van der Waals surface area contributed by atoms with Gasteiger partial charge in [0.15, 0.2) is 0 Å². The molecule has 0 aliphatic rings. The highest BCUT2D eigenvalue weighted by molar-refractivity contribution is 5.04. The van der Waals surface area contributed by atoms with E-state index in [4.69, 9.17) is 15.3 Å². The summed E-state index contributed by atoms with van der Waals surface area (Å²) in [7, 11) is 0. The largest absolute Gasteiger partial charge is 0.467 e. The van der Waals surface area contributed by atoms with Crippen molar-refractivity contribution in [1.82, 2.24) is 0 Å². The van der Waals surface area contributed by atoms with Gasteiger partial charge in [0.2, 0.25) is 0 Å². The van der Waals surface area contributed by atoms with Gasteiger partial charge in [-0.25, -0.2) is 0 Å². The lowest BCUT2D eigenvalue weighted by Gasteiger charge is -2.13. The van der Waals surface area contributed by atoms with Gasteiger partial charge in [-0.1, -0.05) is 0 Å². The molecule has 4 heteroatoms. The number of nitrogens with two attached hydrogens (primary N) is 1. The maximum atomic E-state index is 9.30. The van der Waals surface area contributed by atoms with Crippen LogP contribution < -0.4 is 5.73 Å². The molecule has 2 atom stereocenters. The monoisotopic (exact) mass is 157 g/mol. The van der Waals surface area contributed by atoms with Gasteiger partial charge in [-0.2, -0.15) is 0 Å². The van der Waals surface area contributed by atoms with Crippen LogP contribution in [0.4, 0.5) is 0 Å². The van der Waals surface area contributed by atoms with Crippen LogP contribution in [-0.4, -0.2) is 22.9 Å². The fourth-order valence-electron chi connectivity index (χ4n) is 0.770. The molecular formula is C7H11NO3. The third-order valence-electron chi connectivity index (χ3n) is 1.45. The van der Waals surface area contributed by atoms with E-state index >= 15 is 0 Å². The average molecular weight is 157 g/mol. The fourth-order valence-corrected chi connectivity index (χ4v) is 0.770. The normalized spacial score (nSPS) is 16.3. The molecule has 0 saturated heterocycles. The highest BCUT2D eigenvalue weighted by atomic mass is 16.4. The van der Waals surface area contributed by atoms with Crippen LogP contribution in [0.15, 0.2) is 22.8 Å². The lowest BCUT2D eigenvalue weighted by molar-refractivity contribution is 0.0904. The van der Waals surface area contributed by atoms with Gasteiger partial charge in [-0.3, -0.25) is 0 Å². The molecule has 0 spiro atoms. The molecule has 62 valence electrons. The number of rotatable bonds is 3. The Balaban J connectivity index is 2.62. The summed E-state index contributed by atoms with van der Waals surface area (Å²) in [6.45, 7) is -0.262. The molecule has 0 aromatic carbocycles. The number of furan rings is 1. The first-order valence-corrected chi connectivity index (χ1v) is 3.33. The van der Waals surface area contributed by atoms with Crippen LogP contribution in [-0.2, 0) is 0 Å². The van der Waals surface area contributed by atoms with E-state index in [-0.39, 0.29) is 6.61 Å². The minimum Gasteiger partial charge on any atom is -0.467 e. The van der Waals surface area contributed by atoms with Crippen molar-refractivity contribution in [3.63, 3.8) is 0 Å². The maximum Gasteiger partial charge on any atom is 0.133 e. The second-order valence-electron chi connectivity index (χ2n) is 2.31. The minimum absolute atomic E-state index is 0.262. The van der Waals surface area contributed by atoms with Gasteiger partial charge >= 0.3 is 0 Å². The Labute approximate surface area is 64.2 Å². The summed E-state index contributed by atoms with van der Waals surface area (Å²) >= 11 is 0. The number of aliphatic hydroxyl groups excluding tert-OH is 2. The van der Waals surface area contributed by atoms with Crippen LogP contribution in [0.3, 0.4) is 0 Å². The maximum absolute atomic E-state index is 9.30. The molecule has 0 aliphatic heterocycles. The van der Waals surface area contributed by atoms with E-state index in [0.29, 0.717) is 5.76 Å². The third kappa shape index (κ3) is 1.80. The summed E-state index contributed by atoms with van der Waals surface area (Å²) < 4.78 is 4.88. The van der Waals surface area contributed by atoms with E-state index in [0.717, 1.165) is 0 Å². The van der Waals surface area contributed by atoms with E-state index in [1.807, 2.05) is 0 Å². The van der Waals surface area contributed by atoms with Crippen molar-refractivity contribution in [1.29, 1.82) is 0 Å². The van der Waals surface area contributed by atoms with Crippen molar-refractivity contribution in [2.24, 2.45) is 5.73 Å². The molecule has 0 amide bonds. The predicted octanol–water partition coefficient (Wildman–Crippen LogP) is -0.367. The van der Waals surface area contributed by atoms with Gasteiger partial charge in [0.05, 0.1) is 18.9 Å². The average Bonchev–Trinajstić information content (AvgIpc) is 2.53. The van der Waals surface area contributed by atoms with E-state index in [1.54, 1.807) is 12.1 Å².